The average molecular weight is 386 g/mol. The van der Waals surface area contributed by atoms with Gasteiger partial charge in [0.05, 0.1) is 17.6 Å². The highest BCUT2D eigenvalue weighted by atomic mass is 19.1. The Morgan fingerprint density at radius 3 is 2.24 bits per heavy atom. The summed E-state index contributed by atoms with van der Waals surface area (Å²) in [6.45, 7) is 6.68. The second kappa shape index (κ2) is 7.28. The zero-order chi connectivity index (χ0) is 20.6. The molecule has 146 valence electrons. The highest BCUT2D eigenvalue weighted by molar-refractivity contribution is 5.97. The zero-order valence-corrected chi connectivity index (χ0v) is 16.8. The number of halogens is 1. The van der Waals surface area contributed by atoms with Crippen molar-refractivity contribution in [1.82, 2.24) is 9.55 Å². The molecule has 4 heteroatoms. The Kier molecular flexibility index (Phi) is 4.79. The van der Waals surface area contributed by atoms with Crippen LogP contribution in [0.2, 0.25) is 0 Å². The van der Waals surface area contributed by atoms with Gasteiger partial charge in [0, 0.05) is 11.1 Å². The number of imidazole rings is 1. The summed E-state index contributed by atoms with van der Waals surface area (Å²) in [6, 6.07) is 21.8. The second-order valence-electron chi connectivity index (χ2n) is 8.27. The summed E-state index contributed by atoms with van der Waals surface area (Å²) in [4.78, 5) is 17.7. The standard InChI is InChI=1S/C25H23FN2O/c1-25(2,3)19-12-8-18(9-13-19)24-27-21-6-4-5-7-22(21)28(24)16-23(29)17-10-14-20(26)15-11-17/h4-15H,16H2,1-3H3. The first kappa shape index (κ1) is 19.1. The first-order valence-corrected chi connectivity index (χ1v) is 9.68. The predicted molar refractivity (Wildman–Crippen MR) is 115 cm³/mol. The van der Waals surface area contributed by atoms with E-state index in [9.17, 15) is 9.18 Å². The first-order valence-electron chi connectivity index (χ1n) is 9.68. The van der Waals surface area contributed by atoms with Gasteiger partial charge in [-0.15, -0.1) is 0 Å². The van der Waals surface area contributed by atoms with Gasteiger partial charge in [0.2, 0.25) is 0 Å². The van der Waals surface area contributed by atoms with Crippen LogP contribution in [0.1, 0.15) is 36.7 Å². The molecule has 0 N–H and O–H groups in total. The molecule has 4 aromatic rings. The van der Waals surface area contributed by atoms with Crippen LogP contribution in [0.15, 0.2) is 72.8 Å². The van der Waals surface area contributed by atoms with Crippen LogP contribution in [0, 0.1) is 5.82 Å². The molecule has 1 aromatic heterocycles. The van der Waals surface area contributed by atoms with E-state index in [1.807, 2.05) is 28.8 Å². The van der Waals surface area contributed by atoms with Gasteiger partial charge in [0.15, 0.2) is 5.78 Å². The molecule has 0 radical (unpaired) electrons. The molecule has 0 aliphatic rings. The Labute approximate surface area is 169 Å². The largest absolute Gasteiger partial charge is 0.316 e. The molecule has 4 rings (SSSR count). The van der Waals surface area contributed by atoms with Crippen LogP contribution in [-0.4, -0.2) is 15.3 Å². The Morgan fingerprint density at radius 2 is 1.59 bits per heavy atom. The molecule has 3 nitrogen and oxygen atoms in total. The van der Waals surface area contributed by atoms with Gasteiger partial charge in [-0.3, -0.25) is 4.79 Å². The van der Waals surface area contributed by atoms with Crippen LogP contribution in [0.3, 0.4) is 0 Å². The van der Waals surface area contributed by atoms with Gasteiger partial charge >= 0.3 is 0 Å². The van der Waals surface area contributed by atoms with Crippen LogP contribution in [0.4, 0.5) is 4.39 Å². The number of ketones is 1. The Balaban J connectivity index is 1.77. The summed E-state index contributed by atoms with van der Waals surface area (Å²) in [5.74, 6) is 0.317. The SMILES string of the molecule is CC(C)(C)c1ccc(-c2nc3ccccc3n2CC(=O)c2ccc(F)cc2)cc1. The van der Waals surface area contributed by atoms with Gasteiger partial charge in [-0.05, 0) is 47.4 Å². The van der Waals surface area contributed by atoms with E-state index in [0.29, 0.717) is 5.56 Å². The van der Waals surface area contributed by atoms with E-state index in [2.05, 4.69) is 45.0 Å². The van der Waals surface area contributed by atoms with Crippen molar-refractivity contribution >= 4 is 16.8 Å². The molecular formula is C25H23FN2O. The fourth-order valence-corrected chi connectivity index (χ4v) is 3.45. The van der Waals surface area contributed by atoms with Crippen molar-refractivity contribution in [2.75, 3.05) is 0 Å². The topological polar surface area (TPSA) is 34.9 Å². The maximum absolute atomic E-state index is 13.2. The van der Waals surface area contributed by atoms with Crippen LogP contribution >= 0.6 is 0 Å². The minimum Gasteiger partial charge on any atom is -0.316 e. The Morgan fingerprint density at radius 1 is 0.931 bits per heavy atom. The molecule has 29 heavy (non-hydrogen) atoms. The van der Waals surface area contributed by atoms with Gasteiger partial charge in [0.25, 0.3) is 0 Å². The fourth-order valence-electron chi connectivity index (χ4n) is 3.45. The van der Waals surface area contributed by atoms with Gasteiger partial charge < -0.3 is 4.57 Å². The molecule has 0 spiro atoms. The van der Waals surface area contributed by atoms with Crippen LogP contribution in [0.5, 0.6) is 0 Å². The average Bonchev–Trinajstić information content (AvgIpc) is 3.06. The van der Waals surface area contributed by atoms with Crippen molar-refractivity contribution < 1.29 is 9.18 Å². The number of hydrogen-bond donors (Lipinski definition) is 0. The van der Waals surface area contributed by atoms with Gasteiger partial charge in [-0.1, -0.05) is 57.2 Å². The van der Waals surface area contributed by atoms with Gasteiger partial charge in [-0.2, -0.15) is 0 Å². The summed E-state index contributed by atoms with van der Waals surface area (Å²) in [7, 11) is 0. The molecule has 0 saturated heterocycles. The van der Waals surface area contributed by atoms with Crippen molar-refractivity contribution in [2.24, 2.45) is 0 Å². The molecular weight excluding hydrogens is 363 g/mol. The van der Waals surface area contributed by atoms with Crippen molar-refractivity contribution in [1.29, 1.82) is 0 Å². The van der Waals surface area contributed by atoms with E-state index in [-0.39, 0.29) is 23.6 Å². The number of Topliss-reactive ketones (excluding diaryl/α,β-unsaturated/α-hetero) is 1. The molecule has 3 aromatic carbocycles. The highest BCUT2D eigenvalue weighted by Gasteiger charge is 2.18. The van der Waals surface area contributed by atoms with Gasteiger partial charge in [-0.25, -0.2) is 9.37 Å². The van der Waals surface area contributed by atoms with E-state index in [4.69, 9.17) is 4.98 Å². The molecule has 0 amide bonds. The van der Waals surface area contributed by atoms with E-state index in [0.717, 1.165) is 22.4 Å². The van der Waals surface area contributed by atoms with Crippen molar-refractivity contribution in [3.05, 3.63) is 89.7 Å². The number of benzene rings is 3. The van der Waals surface area contributed by atoms with Crippen LogP contribution in [0.25, 0.3) is 22.4 Å². The monoisotopic (exact) mass is 386 g/mol. The van der Waals surface area contributed by atoms with Gasteiger partial charge in [0.1, 0.15) is 11.6 Å². The van der Waals surface area contributed by atoms with Crippen LogP contribution < -0.4 is 0 Å². The van der Waals surface area contributed by atoms with Crippen molar-refractivity contribution in [3.8, 4) is 11.4 Å². The summed E-state index contributed by atoms with van der Waals surface area (Å²) >= 11 is 0. The Hall–Kier alpha value is -3.27. The summed E-state index contributed by atoms with van der Waals surface area (Å²) in [6.07, 6.45) is 0. The molecule has 1 heterocycles. The van der Waals surface area contributed by atoms with E-state index < -0.39 is 0 Å². The number of para-hydroxylation sites is 2. The minimum atomic E-state index is -0.353. The lowest BCUT2D eigenvalue weighted by Crippen LogP contribution is -2.12. The number of carbonyl (C=O) groups is 1. The first-order chi connectivity index (χ1) is 13.8. The lowest BCUT2D eigenvalue weighted by atomic mass is 9.87. The normalized spacial score (nSPS) is 11.7. The molecule has 0 fully saturated rings. The summed E-state index contributed by atoms with van der Waals surface area (Å²) < 4.78 is 15.1. The van der Waals surface area contributed by atoms with E-state index in [1.54, 1.807) is 0 Å². The fraction of sp³-hybridized carbons (Fsp3) is 0.200. The van der Waals surface area contributed by atoms with E-state index >= 15 is 0 Å². The number of carbonyl (C=O) groups excluding carboxylic acids is 1. The highest BCUT2D eigenvalue weighted by Crippen LogP contribution is 2.28. The second-order valence-corrected chi connectivity index (χ2v) is 8.27. The third-order valence-corrected chi connectivity index (χ3v) is 5.13. The third-order valence-electron chi connectivity index (χ3n) is 5.13. The zero-order valence-electron chi connectivity index (χ0n) is 16.8. The molecule has 0 saturated carbocycles. The molecule has 0 unspecified atom stereocenters. The molecule has 0 bridgehead atoms. The minimum absolute atomic E-state index is 0.0667. The number of nitrogens with zero attached hydrogens (tertiary/aromatic N) is 2. The number of fused-ring (bicyclic) bond motifs is 1. The lowest BCUT2D eigenvalue weighted by Gasteiger charge is -2.19. The lowest BCUT2D eigenvalue weighted by molar-refractivity contribution is 0.0974. The summed E-state index contributed by atoms with van der Waals surface area (Å²) in [5, 5.41) is 0. The van der Waals surface area contributed by atoms with Crippen molar-refractivity contribution in [3.63, 3.8) is 0 Å². The maximum atomic E-state index is 13.2. The predicted octanol–water partition coefficient (Wildman–Crippen LogP) is 6.02. The quantitative estimate of drug-likeness (QED) is 0.402. The number of hydrogen-bond acceptors (Lipinski definition) is 2. The molecule has 0 atom stereocenters. The number of rotatable bonds is 4. The van der Waals surface area contributed by atoms with Crippen molar-refractivity contribution in [2.45, 2.75) is 32.7 Å². The van der Waals surface area contributed by atoms with E-state index in [1.165, 1.54) is 29.8 Å². The third kappa shape index (κ3) is 3.83. The number of aromatic nitrogens is 2. The summed E-state index contributed by atoms with van der Waals surface area (Å²) in [5.41, 5.74) is 4.50. The molecule has 0 aliphatic heterocycles. The Bertz CT molecular complexity index is 1170. The smallest absolute Gasteiger partial charge is 0.182 e. The molecule has 0 aliphatic carbocycles. The maximum Gasteiger partial charge on any atom is 0.182 e. The van der Waals surface area contributed by atoms with Crippen LogP contribution in [-0.2, 0) is 12.0 Å².